The van der Waals surface area contributed by atoms with Crippen molar-refractivity contribution in [2.24, 2.45) is 5.73 Å². The Balaban J connectivity index is 1.86. The highest BCUT2D eigenvalue weighted by molar-refractivity contribution is 7.89. The Hall–Kier alpha value is -1.44. The first-order valence-corrected chi connectivity index (χ1v) is 9.53. The molecule has 7 heteroatoms. The number of piperidine rings is 1. The van der Waals surface area contributed by atoms with E-state index >= 15 is 0 Å². The number of carbonyl (C=O) groups excluding carboxylic acids is 1. The van der Waals surface area contributed by atoms with E-state index in [1.807, 2.05) is 6.92 Å². The second-order valence-electron chi connectivity index (χ2n) is 6.53. The van der Waals surface area contributed by atoms with Crippen molar-refractivity contribution in [1.82, 2.24) is 9.62 Å². The Bertz CT molecular complexity index is 713. The molecule has 1 amide bonds. The van der Waals surface area contributed by atoms with Gasteiger partial charge in [-0.25, -0.2) is 13.1 Å². The van der Waals surface area contributed by atoms with E-state index in [2.05, 4.69) is 4.72 Å². The maximum atomic E-state index is 12.7. The summed E-state index contributed by atoms with van der Waals surface area (Å²) in [6.07, 6.45) is 3.56. The molecule has 23 heavy (non-hydrogen) atoms. The van der Waals surface area contributed by atoms with Crippen molar-refractivity contribution >= 4 is 15.9 Å². The number of hydrogen-bond donors (Lipinski definition) is 2. The number of nitrogens with two attached hydrogens (primary N) is 1. The third kappa shape index (κ3) is 3.73. The van der Waals surface area contributed by atoms with Crippen molar-refractivity contribution in [3.8, 4) is 0 Å². The number of aryl methyl sites for hydroxylation is 1. The molecule has 1 atom stereocenters. The average Bonchev–Trinajstić information content (AvgIpc) is 3.30. The summed E-state index contributed by atoms with van der Waals surface area (Å²) in [5.41, 5.74) is 7.16. The summed E-state index contributed by atoms with van der Waals surface area (Å²) >= 11 is 0. The number of rotatable bonds is 4. The van der Waals surface area contributed by atoms with Crippen LogP contribution >= 0.6 is 0 Å². The number of nitrogens with one attached hydrogen (secondary N) is 1. The van der Waals surface area contributed by atoms with Crippen molar-refractivity contribution in [3.05, 3.63) is 29.3 Å². The van der Waals surface area contributed by atoms with Gasteiger partial charge in [0.25, 0.3) is 5.91 Å². The van der Waals surface area contributed by atoms with E-state index in [1.165, 1.54) is 6.07 Å². The van der Waals surface area contributed by atoms with Crippen LogP contribution in [0.2, 0.25) is 0 Å². The highest BCUT2D eigenvalue weighted by Gasteiger charge is 2.29. The summed E-state index contributed by atoms with van der Waals surface area (Å²) in [5, 5.41) is 0. The van der Waals surface area contributed by atoms with Gasteiger partial charge in [0.1, 0.15) is 0 Å². The van der Waals surface area contributed by atoms with Gasteiger partial charge in [-0.05, 0) is 50.3 Å². The molecule has 1 saturated heterocycles. The number of nitrogens with zero attached hydrogens (tertiary/aromatic N) is 1. The van der Waals surface area contributed by atoms with Crippen LogP contribution in [0.25, 0.3) is 0 Å². The lowest BCUT2D eigenvalue weighted by molar-refractivity contribution is 0.0708. The summed E-state index contributed by atoms with van der Waals surface area (Å²) in [7, 11) is -3.56. The molecule has 1 aromatic carbocycles. The molecule has 1 unspecified atom stereocenters. The van der Waals surface area contributed by atoms with E-state index in [9.17, 15) is 13.2 Å². The largest absolute Gasteiger partial charge is 0.337 e. The van der Waals surface area contributed by atoms with Crippen LogP contribution in [0.15, 0.2) is 23.1 Å². The number of likely N-dealkylation sites (tertiary alicyclic amines) is 1. The summed E-state index contributed by atoms with van der Waals surface area (Å²) in [4.78, 5) is 14.6. The van der Waals surface area contributed by atoms with Gasteiger partial charge in [-0.15, -0.1) is 0 Å². The van der Waals surface area contributed by atoms with Gasteiger partial charge in [0, 0.05) is 30.7 Å². The van der Waals surface area contributed by atoms with E-state index < -0.39 is 10.0 Å². The standard InChI is InChI=1S/C16H23N3O3S/c1-11-4-7-14(23(21,22)18-13-5-6-13)9-15(11)16(20)19-8-2-3-12(17)10-19/h4,7,9,12-13,18H,2-3,5-6,8,10,17H2,1H3. The summed E-state index contributed by atoms with van der Waals surface area (Å²) < 4.78 is 27.3. The number of benzene rings is 1. The van der Waals surface area contributed by atoms with E-state index in [-0.39, 0.29) is 22.9 Å². The van der Waals surface area contributed by atoms with Gasteiger partial charge in [0.15, 0.2) is 0 Å². The van der Waals surface area contributed by atoms with E-state index in [0.29, 0.717) is 18.7 Å². The zero-order chi connectivity index (χ0) is 16.6. The summed E-state index contributed by atoms with van der Waals surface area (Å²) in [5.74, 6) is -0.138. The average molecular weight is 337 g/mol. The quantitative estimate of drug-likeness (QED) is 0.857. The number of carbonyl (C=O) groups is 1. The molecule has 1 heterocycles. The predicted molar refractivity (Wildman–Crippen MR) is 87.6 cm³/mol. The normalized spacial score (nSPS) is 22.2. The SMILES string of the molecule is Cc1ccc(S(=O)(=O)NC2CC2)cc1C(=O)N1CCCC(N)C1. The van der Waals surface area contributed by atoms with Gasteiger partial charge >= 0.3 is 0 Å². The van der Waals surface area contributed by atoms with Crippen molar-refractivity contribution in [2.75, 3.05) is 13.1 Å². The lowest BCUT2D eigenvalue weighted by Crippen LogP contribution is -2.45. The molecule has 2 fully saturated rings. The van der Waals surface area contributed by atoms with Crippen LogP contribution in [0.5, 0.6) is 0 Å². The first-order chi connectivity index (χ1) is 10.9. The third-order valence-corrected chi connectivity index (χ3v) is 5.91. The zero-order valence-electron chi connectivity index (χ0n) is 13.3. The Morgan fingerprint density at radius 2 is 2.04 bits per heavy atom. The molecule has 2 aliphatic rings. The molecule has 126 valence electrons. The molecule has 6 nitrogen and oxygen atoms in total. The van der Waals surface area contributed by atoms with Gasteiger partial charge in [-0.3, -0.25) is 4.79 Å². The molecule has 1 aliphatic carbocycles. The Kier molecular flexibility index (Phi) is 4.44. The summed E-state index contributed by atoms with van der Waals surface area (Å²) in [6.45, 7) is 3.01. The van der Waals surface area contributed by atoms with Crippen molar-refractivity contribution in [3.63, 3.8) is 0 Å². The van der Waals surface area contributed by atoms with Crippen LogP contribution in [-0.4, -0.2) is 44.4 Å². The van der Waals surface area contributed by atoms with Gasteiger partial charge in [0.2, 0.25) is 10.0 Å². The van der Waals surface area contributed by atoms with Crippen LogP contribution < -0.4 is 10.5 Å². The lowest BCUT2D eigenvalue weighted by Gasteiger charge is -2.31. The molecule has 1 aliphatic heterocycles. The maximum Gasteiger partial charge on any atom is 0.254 e. The minimum atomic E-state index is -3.56. The van der Waals surface area contributed by atoms with Crippen molar-refractivity contribution in [1.29, 1.82) is 0 Å². The zero-order valence-corrected chi connectivity index (χ0v) is 14.1. The highest BCUT2D eigenvalue weighted by atomic mass is 32.2. The Labute approximate surface area is 137 Å². The number of amides is 1. The van der Waals surface area contributed by atoms with Crippen molar-refractivity contribution in [2.45, 2.75) is 49.6 Å². The molecule has 0 bridgehead atoms. The first kappa shape index (κ1) is 16.4. The van der Waals surface area contributed by atoms with E-state index in [1.54, 1.807) is 17.0 Å². The maximum absolute atomic E-state index is 12.7. The van der Waals surface area contributed by atoms with Crippen LogP contribution in [0.4, 0.5) is 0 Å². The Morgan fingerprint density at radius 3 is 2.70 bits per heavy atom. The highest BCUT2D eigenvalue weighted by Crippen LogP contribution is 2.24. The van der Waals surface area contributed by atoms with Gasteiger partial charge in [0.05, 0.1) is 4.90 Å². The molecular weight excluding hydrogens is 314 g/mol. The molecule has 3 rings (SSSR count). The summed E-state index contributed by atoms with van der Waals surface area (Å²) in [6, 6.07) is 4.77. The molecule has 3 N–H and O–H groups in total. The molecule has 1 saturated carbocycles. The fraction of sp³-hybridized carbons (Fsp3) is 0.562. The second kappa shape index (κ2) is 6.22. The number of sulfonamides is 1. The monoisotopic (exact) mass is 337 g/mol. The molecular formula is C16H23N3O3S. The molecule has 0 aromatic heterocycles. The predicted octanol–water partition coefficient (Wildman–Crippen LogP) is 0.999. The smallest absolute Gasteiger partial charge is 0.254 e. The van der Waals surface area contributed by atoms with E-state index in [0.717, 1.165) is 31.2 Å². The second-order valence-corrected chi connectivity index (χ2v) is 8.24. The Morgan fingerprint density at radius 1 is 1.30 bits per heavy atom. The van der Waals surface area contributed by atoms with Crippen LogP contribution in [-0.2, 0) is 10.0 Å². The molecule has 0 radical (unpaired) electrons. The molecule has 1 aromatic rings. The minimum absolute atomic E-state index is 0.00328. The molecule has 0 spiro atoms. The van der Waals surface area contributed by atoms with Crippen molar-refractivity contribution < 1.29 is 13.2 Å². The fourth-order valence-electron chi connectivity index (χ4n) is 2.85. The minimum Gasteiger partial charge on any atom is -0.337 e. The third-order valence-electron chi connectivity index (χ3n) is 4.39. The van der Waals surface area contributed by atoms with Gasteiger partial charge in [-0.1, -0.05) is 6.07 Å². The first-order valence-electron chi connectivity index (χ1n) is 8.04. The number of hydrogen-bond acceptors (Lipinski definition) is 4. The fourth-order valence-corrected chi connectivity index (χ4v) is 4.18. The van der Waals surface area contributed by atoms with Gasteiger partial charge in [-0.2, -0.15) is 0 Å². The van der Waals surface area contributed by atoms with Crippen LogP contribution in [0.1, 0.15) is 41.6 Å². The van der Waals surface area contributed by atoms with Crippen LogP contribution in [0.3, 0.4) is 0 Å². The van der Waals surface area contributed by atoms with Gasteiger partial charge < -0.3 is 10.6 Å². The van der Waals surface area contributed by atoms with Crippen LogP contribution in [0, 0.1) is 6.92 Å². The van der Waals surface area contributed by atoms with E-state index in [4.69, 9.17) is 5.73 Å². The topological polar surface area (TPSA) is 92.5 Å². The lowest BCUT2D eigenvalue weighted by atomic mass is 10.0.